The largest absolute Gasteiger partial charge is 1.00 e. The molecule has 4 rings (SSSR count). The maximum atomic E-state index is 12.5. The molecule has 0 saturated heterocycles. The second-order valence-electron chi connectivity index (χ2n) is 7.29. The van der Waals surface area contributed by atoms with Crippen molar-refractivity contribution in [1.82, 2.24) is 5.43 Å². The lowest BCUT2D eigenvalue weighted by atomic mass is 10.2. The molecule has 1 amide bonds. The second-order valence-corrected chi connectivity index (χ2v) is 7.29. The van der Waals surface area contributed by atoms with Crippen molar-refractivity contribution in [3.05, 3.63) is 132 Å². The van der Waals surface area contributed by atoms with Gasteiger partial charge in [0, 0.05) is 11.6 Å². The summed E-state index contributed by atoms with van der Waals surface area (Å²) in [6.07, 6.45) is 5.37. The van der Waals surface area contributed by atoms with E-state index in [0.717, 1.165) is 16.9 Å². The van der Waals surface area contributed by atoms with E-state index in [-0.39, 0.29) is 18.3 Å². The molecular weight excluding hydrogens is 434 g/mol. The number of amides is 1. The van der Waals surface area contributed by atoms with Gasteiger partial charge in [0.1, 0.15) is 17.9 Å². The van der Waals surface area contributed by atoms with Crippen LogP contribution in [0.4, 0.5) is 0 Å². The van der Waals surface area contributed by atoms with Gasteiger partial charge in [-0.3, -0.25) is 4.79 Å². The van der Waals surface area contributed by atoms with Crippen molar-refractivity contribution in [2.75, 3.05) is 0 Å². The van der Waals surface area contributed by atoms with Gasteiger partial charge in [0.2, 0.25) is 0 Å². The molecular formula is C27H24ClN3O2. The third-order valence-corrected chi connectivity index (χ3v) is 4.84. The number of hydrazone groups is 1. The molecule has 0 aliphatic carbocycles. The molecule has 0 spiro atoms. The van der Waals surface area contributed by atoms with Crippen molar-refractivity contribution < 1.29 is 26.5 Å². The highest BCUT2D eigenvalue weighted by molar-refractivity contribution is 5.94. The number of benzene rings is 3. The van der Waals surface area contributed by atoms with E-state index < -0.39 is 0 Å². The Bertz CT molecular complexity index is 1180. The third kappa shape index (κ3) is 7.30. The maximum Gasteiger partial charge on any atom is 0.277 e. The van der Waals surface area contributed by atoms with Crippen molar-refractivity contribution in [2.45, 2.75) is 13.2 Å². The monoisotopic (exact) mass is 457 g/mol. The number of rotatable bonds is 8. The van der Waals surface area contributed by atoms with Crippen LogP contribution in [0.25, 0.3) is 0 Å². The Kier molecular flexibility index (Phi) is 8.74. The molecule has 1 N–H and O–H groups in total. The normalized spacial score (nSPS) is 10.4. The molecule has 0 radical (unpaired) electrons. The first-order valence-corrected chi connectivity index (χ1v) is 10.4. The first-order chi connectivity index (χ1) is 15.8. The Morgan fingerprint density at radius 2 is 1.52 bits per heavy atom. The van der Waals surface area contributed by atoms with Crippen molar-refractivity contribution in [2.24, 2.45) is 5.10 Å². The van der Waals surface area contributed by atoms with Crippen LogP contribution >= 0.6 is 0 Å². The lowest BCUT2D eigenvalue weighted by Crippen LogP contribution is -3.00. The molecule has 0 fully saturated rings. The topological polar surface area (TPSA) is 54.6 Å². The number of hydrogen-bond acceptors (Lipinski definition) is 3. The zero-order chi connectivity index (χ0) is 22.0. The van der Waals surface area contributed by atoms with Crippen LogP contribution in [-0.4, -0.2) is 12.1 Å². The van der Waals surface area contributed by atoms with Crippen LogP contribution in [0.5, 0.6) is 5.75 Å². The second kappa shape index (κ2) is 12.2. The molecule has 0 bridgehead atoms. The summed E-state index contributed by atoms with van der Waals surface area (Å²) in [7, 11) is 0. The van der Waals surface area contributed by atoms with E-state index in [4.69, 9.17) is 4.74 Å². The first-order valence-electron chi connectivity index (χ1n) is 10.4. The number of hydrogen-bond donors (Lipinski definition) is 1. The van der Waals surface area contributed by atoms with Crippen LogP contribution in [0.15, 0.2) is 115 Å². The Labute approximate surface area is 199 Å². The molecule has 0 aliphatic heterocycles. The zero-order valence-corrected chi connectivity index (χ0v) is 18.7. The summed E-state index contributed by atoms with van der Waals surface area (Å²) in [6, 6.07) is 31.3. The number of aromatic nitrogens is 1. The van der Waals surface area contributed by atoms with E-state index in [0.29, 0.717) is 18.7 Å². The number of nitrogens with zero attached hydrogens (tertiary/aromatic N) is 2. The van der Waals surface area contributed by atoms with Crippen molar-refractivity contribution >= 4 is 12.1 Å². The highest BCUT2D eigenvalue weighted by Gasteiger charge is 2.10. The Balaban J connectivity index is 0.00000306. The molecule has 5 nitrogen and oxygen atoms in total. The molecule has 1 aromatic heterocycles. The van der Waals surface area contributed by atoms with E-state index in [1.807, 2.05) is 95.8 Å². The van der Waals surface area contributed by atoms with Gasteiger partial charge in [-0.1, -0.05) is 60.7 Å². The van der Waals surface area contributed by atoms with Gasteiger partial charge < -0.3 is 17.1 Å². The maximum absolute atomic E-state index is 12.5. The summed E-state index contributed by atoms with van der Waals surface area (Å²) in [5.41, 5.74) is 6.29. The van der Waals surface area contributed by atoms with Crippen LogP contribution in [0.2, 0.25) is 0 Å². The van der Waals surface area contributed by atoms with Crippen LogP contribution in [0.1, 0.15) is 27.0 Å². The molecule has 166 valence electrons. The van der Waals surface area contributed by atoms with E-state index >= 15 is 0 Å². The summed E-state index contributed by atoms with van der Waals surface area (Å²) in [4.78, 5) is 12.5. The lowest BCUT2D eigenvalue weighted by molar-refractivity contribution is -0.688. The van der Waals surface area contributed by atoms with Gasteiger partial charge in [-0.25, -0.2) is 5.43 Å². The highest BCUT2D eigenvalue weighted by Crippen LogP contribution is 2.13. The summed E-state index contributed by atoms with van der Waals surface area (Å²) in [6.45, 7) is 1.22. The number of halogens is 1. The minimum Gasteiger partial charge on any atom is -1.00 e. The van der Waals surface area contributed by atoms with Gasteiger partial charge in [-0.2, -0.15) is 9.67 Å². The fourth-order valence-electron chi connectivity index (χ4n) is 3.17. The fourth-order valence-corrected chi connectivity index (χ4v) is 3.17. The number of carbonyl (C=O) groups excluding carboxylic acids is 1. The highest BCUT2D eigenvalue weighted by atomic mass is 35.5. The van der Waals surface area contributed by atoms with Crippen LogP contribution in [-0.2, 0) is 13.2 Å². The SMILES string of the molecule is O=C(N/N=C/c1ccc(OCc2ccccc2)cc1)c1ccc[n+](Cc2ccccc2)c1.[Cl-]. The van der Waals surface area contributed by atoms with Gasteiger partial charge in [-0.05, 0) is 41.5 Å². The Morgan fingerprint density at radius 3 is 2.21 bits per heavy atom. The predicted molar refractivity (Wildman–Crippen MR) is 124 cm³/mol. The smallest absolute Gasteiger partial charge is 0.277 e. The van der Waals surface area contributed by atoms with E-state index in [2.05, 4.69) is 22.7 Å². The van der Waals surface area contributed by atoms with E-state index in [9.17, 15) is 4.79 Å². The molecule has 3 aromatic carbocycles. The van der Waals surface area contributed by atoms with Gasteiger partial charge in [0.15, 0.2) is 18.9 Å². The molecule has 4 aromatic rings. The van der Waals surface area contributed by atoms with Gasteiger partial charge in [-0.15, -0.1) is 0 Å². The summed E-state index contributed by atoms with van der Waals surface area (Å²) < 4.78 is 7.76. The molecule has 0 saturated carbocycles. The van der Waals surface area contributed by atoms with Crippen molar-refractivity contribution in [3.63, 3.8) is 0 Å². The Hall–Kier alpha value is -3.96. The molecule has 0 aliphatic rings. The first kappa shape index (κ1) is 23.7. The average Bonchev–Trinajstić information content (AvgIpc) is 2.85. The molecule has 0 atom stereocenters. The minimum atomic E-state index is -0.258. The number of nitrogens with one attached hydrogen (secondary N) is 1. The van der Waals surface area contributed by atoms with E-state index in [1.54, 1.807) is 12.3 Å². The van der Waals surface area contributed by atoms with Gasteiger partial charge in [0.05, 0.1) is 6.21 Å². The standard InChI is InChI=1S/C27H23N3O2.ClH/c31-27(25-12-7-17-30(20-25)19-23-8-3-1-4-9-23)29-28-18-22-13-15-26(16-14-22)32-21-24-10-5-2-6-11-24;/h1-18,20H,19,21H2;1H/b28-18+;. The van der Waals surface area contributed by atoms with E-state index in [1.165, 1.54) is 5.56 Å². The summed E-state index contributed by atoms with van der Waals surface area (Å²) in [5, 5.41) is 4.08. The van der Waals surface area contributed by atoms with Gasteiger partial charge >= 0.3 is 0 Å². The third-order valence-electron chi connectivity index (χ3n) is 4.84. The molecule has 0 unspecified atom stereocenters. The average molecular weight is 458 g/mol. The Morgan fingerprint density at radius 1 is 0.848 bits per heavy atom. The fraction of sp³-hybridized carbons (Fsp3) is 0.0741. The molecule has 33 heavy (non-hydrogen) atoms. The molecule has 6 heteroatoms. The van der Waals surface area contributed by atoms with Gasteiger partial charge in [0.25, 0.3) is 5.91 Å². The predicted octanol–water partition coefficient (Wildman–Crippen LogP) is 1.37. The molecule has 1 heterocycles. The number of carbonyl (C=O) groups is 1. The lowest BCUT2D eigenvalue weighted by Gasteiger charge is -2.06. The quantitative estimate of drug-likeness (QED) is 0.247. The van der Waals surface area contributed by atoms with Crippen molar-refractivity contribution in [3.8, 4) is 5.75 Å². The van der Waals surface area contributed by atoms with Crippen molar-refractivity contribution in [1.29, 1.82) is 0 Å². The van der Waals surface area contributed by atoms with Crippen LogP contribution in [0.3, 0.4) is 0 Å². The summed E-state index contributed by atoms with van der Waals surface area (Å²) in [5.74, 6) is 0.522. The van der Waals surface area contributed by atoms with Crippen LogP contribution < -0.4 is 27.1 Å². The van der Waals surface area contributed by atoms with Crippen LogP contribution in [0, 0.1) is 0 Å². The summed E-state index contributed by atoms with van der Waals surface area (Å²) >= 11 is 0. The number of pyridine rings is 1. The number of ether oxygens (including phenoxy) is 1. The minimum absolute atomic E-state index is 0. The zero-order valence-electron chi connectivity index (χ0n) is 18.0.